The van der Waals surface area contributed by atoms with Gasteiger partial charge in [-0.2, -0.15) is 0 Å². The predicted molar refractivity (Wildman–Crippen MR) is 85.0 cm³/mol. The molecule has 1 aliphatic rings. The van der Waals surface area contributed by atoms with Crippen LogP contribution in [0.5, 0.6) is 0 Å². The second-order valence-corrected chi connectivity index (χ2v) is 5.68. The Balaban J connectivity index is 2.12. The minimum absolute atomic E-state index is 0.550. The van der Waals surface area contributed by atoms with Crippen LogP contribution in [0.1, 0.15) is 18.2 Å². The van der Waals surface area contributed by atoms with E-state index in [9.17, 15) is 0 Å². The fraction of sp³-hybridized carbons (Fsp3) is 0.333. The summed E-state index contributed by atoms with van der Waals surface area (Å²) in [6.45, 7) is 4.06. The van der Waals surface area contributed by atoms with E-state index in [1.165, 1.54) is 0 Å². The number of fused-ring (bicyclic) bond motifs is 1. The van der Waals surface area contributed by atoms with Crippen LogP contribution in [0.25, 0.3) is 11.4 Å². The molecule has 110 valence electrons. The minimum atomic E-state index is 0.550. The van der Waals surface area contributed by atoms with E-state index in [0.717, 1.165) is 35.6 Å². The van der Waals surface area contributed by atoms with Gasteiger partial charge in [-0.05, 0) is 25.1 Å². The van der Waals surface area contributed by atoms with Crippen molar-refractivity contribution < 1.29 is 4.74 Å². The molecule has 0 atom stereocenters. The highest BCUT2D eigenvalue weighted by Crippen LogP contribution is 2.29. The lowest BCUT2D eigenvalue weighted by Gasteiger charge is -2.20. The second-order valence-electron chi connectivity index (χ2n) is 4.81. The fourth-order valence-electron chi connectivity index (χ4n) is 2.36. The average molecular weight is 324 g/mol. The van der Waals surface area contributed by atoms with Crippen molar-refractivity contribution >= 4 is 29.0 Å². The summed E-state index contributed by atoms with van der Waals surface area (Å²) in [7, 11) is 0. The molecule has 0 spiro atoms. The first-order valence-corrected chi connectivity index (χ1v) is 7.61. The predicted octanol–water partition coefficient (Wildman–Crippen LogP) is 3.95. The zero-order valence-corrected chi connectivity index (χ0v) is 13.1. The number of halogens is 2. The van der Waals surface area contributed by atoms with Crippen molar-refractivity contribution in [1.82, 2.24) is 9.97 Å². The monoisotopic (exact) mass is 323 g/mol. The zero-order chi connectivity index (χ0) is 14.8. The Bertz CT molecular complexity index is 656. The van der Waals surface area contributed by atoms with Crippen molar-refractivity contribution in [1.29, 1.82) is 0 Å². The molecule has 2 heterocycles. The minimum Gasteiger partial charge on any atom is -0.376 e. The van der Waals surface area contributed by atoms with Gasteiger partial charge in [-0.15, -0.1) is 0 Å². The smallest absolute Gasteiger partial charge is 0.161 e. The normalized spacial score (nSPS) is 13.9. The molecule has 0 saturated carbocycles. The molecule has 0 unspecified atom stereocenters. The van der Waals surface area contributed by atoms with Crippen LogP contribution in [0.15, 0.2) is 18.2 Å². The molecule has 2 aromatic rings. The second kappa shape index (κ2) is 6.18. The van der Waals surface area contributed by atoms with Crippen LogP contribution >= 0.6 is 23.2 Å². The molecular weight excluding hydrogens is 309 g/mol. The summed E-state index contributed by atoms with van der Waals surface area (Å²) in [6, 6.07) is 5.35. The van der Waals surface area contributed by atoms with Gasteiger partial charge in [-0.25, -0.2) is 9.97 Å². The van der Waals surface area contributed by atoms with Gasteiger partial charge in [0.15, 0.2) is 5.82 Å². The maximum atomic E-state index is 6.07. The first-order valence-electron chi connectivity index (χ1n) is 6.85. The molecule has 0 radical (unpaired) electrons. The van der Waals surface area contributed by atoms with Crippen molar-refractivity contribution in [3.8, 4) is 11.4 Å². The van der Waals surface area contributed by atoms with E-state index in [1.807, 2.05) is 19.1 Å². The van der Waals surface area contributed by atoms with E-state index in [-0.39, 0.29) is 0 Å². The third-order valence-corrected chi connectivity index (χ3v) is 3.72. The quantitative estimate of drug-likeness (QED) is 0.928. The fourth-order valence-corrected chi connectivity index (χ4v) is 2.88. The van der Waals surface area contributed by atoms with Gasteiger partial charge in [0, 0.05) is 34.1 Å². The largest absolute Gasteiger partial charge is 0.376 e. The summed E-state index contributed by atoms with van der Waals surface area (Å²) in [5.74, 6) is 1.46. The summed E-state index contributed by atoms with van der Waals surface area (Å²) in [6.07, 6.45) is 0.789. The lowest BCUT2D eigenvalue weighted by molar-refractivity contribution is 0.109. The number of benzene rings is 1. The number of aromatic nitrogens is 2. The van der Waals surface area contributed by atoms with Crippen molar-refractivity contribution in [3.05, 3.63) is 39.5 Å². The Labute approximate surface area is 133 Å². The van der Waals surface area contributed by atoms with E-state index in [4.69, 9.17) is 27.9 Å². The van der Waals surface area contributed by atoms with Crippen LogP contribution in [-0.2, 0) is 17.8 Å². The maximum Gasteiger partial charge on any atom is 0.161 e. The molecule has 3 rings (SSSR count). The van der Waals surface area contributed by atoms with Crippen molar-refractivity contribution in [3.63, 3.8) is 0 Å². The van der Waals surface area contributed by atoms with Crippen LogP contribution in [0.2, 0.25) is 10.0 Å². The zero-order valence-electron chi connectivity index (χ0n) is 11.6. The first kappa shape index (κ1) is 14.6. The summed E-state index contributed by atoms with van der Waals surface area (Å²) < 4.78 is 5.50. The first-order chi connectivity index (χ1) is 10.2. The van der Waals surface area contributed by atoms with Crippen LogP contribution in [0.3, 0.4) is 0 Å². The van der Waals surface area contributed by atoms with Crippen molar-refractivity contribution in [2.75, 3.05) is 18.5 Å². The molecule has 0 saturated heterocycles. The van der Waals surface area contributed by atoms with Gasteiger partial charge in [0.25, 0.3) is 0 Å². The van der Waals surface area contributed by atoms with Gasteiger partial charge >= 0.3 is 0 Å². The summed E-state index contributed by atoms with van der Waals surface area (Å²) in [5.41, 5.74) is 2.89. The van der Waals surface area contributed by atoms with E-state index < -0.39 is 0 Å². The summed E-state index contributed by atoms with van der Waals surface area (Å²) in [4.78, 5) is 9.27. The molecule has 1 aromatic heterocycles. The molecule has 6 heteroatoms. The van der Waals surface area contributed by atoms with Gasteiger partial charge in [0.1, 0.15) is 5.82 Å². The van der Waals surface area contributed by atoms with E-state index in [2.05, 4.69) is 15.3 Å². The van der Waals surface area contributed by atoms with E-state index in [0.29, 0.717) is 29.1 Å². The third kappa shape index (κ3) is 3.12. The maximum absolute atomic E-state index is 6.07. The Morgan fingerprint density at radius 1 is 1.19 bits per heavy atom. The highest BCUT2D eigenvalue weighted by molar-refractivity contribution is 6.35. The number of hydrogen-bond donors (Lipinski definition) is 1. The Kier molecular flexibility index (Phi) is 4.29. The molecule has 0 bridgehead atoms. The lowest BCUT2D eigenvalue weighted by Crippen LogP contribution is -2.17. The lowest BCUT2D eigenvalue weighted by atomic mass is 10.1. The van der Waals surface area contributed by atoms with Gasteiger partial charge in [0.05, 0.1) is 18.9 Å². The molecular formula is C15H15Cl2N3O. The van der Waals surface area contributed by atoms with Crippen LogP contribution in [-0.4, -0.2) is 23.1 Å². The molecule has 21 heavy (non-hydrogen) atoms. The number of ether oxygens (including phenoxy) is 1. The molecule has 1 aliphatic heterocycles. The third-order valence-electron chi connectivity index (χ3n) is 3.29. The molecule has 0 aliphatic carbocycles. The van der Waals surface area contributed by atoms with E-state index >= 15 is 0 Å². The molecule has 1 N–H and O–H groups in total. The highest BCUT2D eigenvalue weighted by atomic mass is 35.5. The number of hydrogen-bond acceptors (Lipinski definition) is 4. The SMILES string of the molecule is CCNc1nc(-c2cc(Cl)cc(Cl)c2)nc2c1COCC2. The van der Waals surface area contributed by atoms with Gasteiger partial charge in [-0.3, -0.25) is 0 Å². The average Bonchev–Trinajstić information content (AvgIpc) is 2.46. The Morgan fingerprint density at radius 2 is 1.95 bits per heavy atom. The van der Waals surface area contributed by atoms with Gasteiger partial charge in [-0.1, -0.05) is 23.2 Å². The Morgan fingerprint density at radius 3 is 2.67 bits per heavy atom. The Hall–Kier alpha value is -1.36. The van der Waals surface area contributed by atoms with Gasteiger partial charge < -0.3 is 10.1 Å². The summed E-state index contributed by atoms with van der Waals surface area (Å²) >= 11 is 12.1. The molecule has 0 fully saturated rings. The number of nitrogens with zero attached hydrogens (tertiary/aromatic N) is 2. The van der Waals surface area contributed by atoms with Crippen molar-refractivity contribution in [2.45, 2.75) is 20.0 Å². The van der Waals surface area contributed by atoms with E-state index in [1.54, 1.807) is 6.07 Å². The topological polar surface area (TPSA) is 47.0 Å². The van der Waals surface area contributed by atoms with Crippen molar-refractivity contribution in [2.24, 2.45) is 0 Å². The molecule has 1 aromatic carbocycles. The number of nitrogens with one attached hydrogen (secondary N) is 1. The standard InChI is InChI=1S/C15H15Cl2N3O/c1-2-18-15-12-8-21-4-3-13(12)19-14(20-15)9-5-10(16)7-11(17)6-9/h5-7H,2-4,8H2,1H3,(H,18,19,20). The number of anilines is 1. The highest BCUT2D eigenvalue weighted by Gasteiger charge is 2.18. The van der Waals surface area contributed by atoms with Gasteiger partial charge in [0.2, 0.25) is 0 Å². The molecule has 4 nitrogen and oxygen atoms in total. The van der Waals surface area contributed by atoms with Crippen LogP contribution in [0.4, 0.5) is 5.82 Å². The summed E-state index contributed by atoms with van der Waals surface area (Å²) in [5, 5.41) is 4.43. The van der Waals surface area contributed by atoms with Crippen LogP contribution in [0, 0.1) is 0 Å². The van der Waals surface area contributed by atoms with Crippen LogP contribution < -0.4 is 5.32 Å². The molecule has 0 amide bonds. The number of rotatable bonds is 3.